The molecule has 0 fully saturated rings. The second-order valence-corrected chi connectivity index (χ2v) is 10.1. The molecule has 5 nitrogen and oxygen atoms in total. The molecular formula is C28H31ClN2O3S. The van der Waals surface area contributed by atoms with Gasteiger partial charge < -0.3 is 14.5 Å². The summed E-state index contributed by atoms with van der Waals surface area (Å²) >= 11 is 7.87. The number of rotatable bonds is 10. The molecule has 0 spiro atoms. The number of hydrogen-bond acceptors (Lipinski definition) is 4. The summed E-state index contributed by atoms with van der Waals surface area (Å²) in [5.74, 6) is -0.0862. The Balaban J connectivity index is 1.53. The van der Waals surface area contributed by atoms with E-state index in [1.807, 2.05) is 66.4 Å². The average Bonchev–Trinajstić information content (AvgIpc) is 3.35. The van der Waals surface area contributed by atoms with Crippen LogP contribution in [0.1, 0.15) is 41.0 Å². The van der Waals surface area contributed by atoms with E-state index in [0.717, 1.165) is 23.1 Å². The number of thiophene rings is 1. The zero-order valence-corrected chi connectivity index (χ0v) is 21.6. The van der Waals surface area contributed by atoms with Gasteiger partial charge in [-0.3, -0.25) is 9.59 Å². The quantitative estimate of drug-likeness (QED) is 0.344. The van der Waals surface area contributed by atoms with Crippen LogP contribution in [0.5, 0.6) is 0 Å². The van der Waals surface area contributed by atoms with Gasteiger partial charge in [0.2, 0.25) is 11.8 Å². The third kappa shape index (κ3) is 6.51. The molecule has 3 aromatic rings. The van der Waals surface area contributed by atoms with E-state index in [2.05, 4.69) is 11.4 Å². The van der Waals surface area contributed by atoms with Crippen LogP contribution in [0.15, 0.2) is 66.0 Å². The van der Waals surface area contributed by atoms with Gasteiger partial charge in [-0.2, -0.15) is 0 Å². The summed E-state index contributed by atoms with van der Waals surface area (Å²) < 4.78 is 5.48. The Morgan fingerprint density at radius 2 is 1.89 bits per heavy atom. The SMILES string of the molecule is CCOCCCN(CC(=O)N1CCc2sccc2C1c1ccc(Cl)cc1)C(=O)Cc1ccccc1. The minimum absolute atomic E-state index is 0.0420. The molecule has 0 saturated heterocycles. The topological polar surface area (TPSA) is 49.9 Å². The van der Waals surface area contributed by atoms with Gasteiger partial charge in [0.15, 0.2) is 0 Å². The highest BCUT2D eigenvalue weighted by Crippen LogP contribution is 2.38. The Hall–Kier alpha value is -2.67. The molecule has 0 saturated carbocycles. The monoisotopic (exact) mass is 510 g/mol. The smallest absolute Gasteiger partial charge is 0.242 e. The van der Waals surface area contributed by atoms with Gasteiger partial charge in [-0.15, -0.1) is 11.3 Å². The van der Waals surface area contributed by atoms with Crippen molar-refractivity contribution in [2.24, 2.45) is 0 Å². The molecule has 184 valence electrons. The Labute approximate surface area is 216 Å². The molecule has 1 aromatic heterocycles. The van der Waals surface area contributed by atoms with Crippen LogP contribution in [-0.4, -0.2) is 54.5 Å². The second kappa shape index (κ2) is 12.3. The van der Waals surface area contributed by atoms with Crippen molar-refractivity contribution >= 4 is 34.8 Å². The number of halogens is 1. The zero-order valence-electron chi connectivity index (χ0n) is 20.0. The van der Waals surface area contributed by atoms with Gasteiger partial charge >= 0.3 is 0 Å². The fourth-order valence-electron chi connectivity index (χ4n) is 4.52. The molecule has 1 aliphatic heterocycles. The maximum atomic E-state index is 13.7. The van der Waals surface area contributed by atoms with Crippen LogP contribution in [0, 0.1) is 0 Å². The van der Waals surface area contributed by atoms with Gasteiger partial charge in [0.25, 0.3) is 0 Å². The maximum Gasteiger partial charge on any atom is 0.242 e. The first-order valence-electron chi connectivity index (χ1n) is 12.1. The van der Waals surface area contributed by atoms with Crippen LogP contribution in [0.3, 0.4) is 0 Å². The Morgan fingerprint density at radius 1 is 1.11 bits per heavy atom. The number of hydrogen-bond donors (Lipinski definition) is 0. The molecule has 35 heavy (non-hydrogen) atoms. The first-order valence-corrected chi connectivity index (χ1v) is 13.3. The molecule has 2 aromatic carbocycles. The Morgan fingerprint density at radius 3 is 2.63 bits per heavy atom. The number of carbonyl (C=O) groups is 2. The minimum atomic E-state index is -0.177. The standard InChI is InChI=1S/C28H31ClN2O3S/c1-2-34-17-6-15-30(26(32)19-21-7-4-3-5-8-21)20-27(33)31-16-13-25-24(14-18-35-25)28(31)22-9-11-23(29)12-10-22/h3-5,7-12,14,18,28H,2,6,13,15-17,19-20H2,1H3. The van der Waals surface area contributed by atoms with Gasteiger partial charge in [0, 0.05) is 36.2 Å². The molecule has 2 heterocycles. The lowest BCUT2D eigenvalue weighted by molar-refractivity contribution is -0.141. The zero-order chi connectivity index (χ0) is 24.6. The molecular weight excluding hydrogens is 480 g/mol. The van der Waals surface area contributed by atoms with E-state index in [-0.39, 0.29) is 30.8 Å². The molecule has 1 atom stereocenters. The second-order valence-electron chi connectivity index (χ2n) is 8.62. The molecule has 7 heteroatoms. The van der Waals surface area contributed by atoms with Gasteiger partial charge in [0.05, 0.1) is 19.0 Å². The molecule has 1 aliphatic rings. The number of carbonyl (C=O) groups excluding carboxylic acids is 2. The van der Waals surface area contributed by atoms with Gasteiger partial charge in [-0.1, -0.05) is 54.1 Å². The van der Waals surface area contributed by atoms with E-state index in [9.17, 15) is 9.59 Å². The maximum absolute atomic E-state index is 13.7. The molecule has 1 unspecified atom stereocenters. The minimum Gasteiger partial charge on any atom is -0.382 e. The van der Waals surface area contributed by atoms with Gasteiger partial charge in [-0.05, 0) is 60.0 Å². The van der Waals surface area contributed by atoms with Crippen LogP contribution in [0.25, 0.3) is 0 Å². The van der Waals surface area contributed by atoms with Crippen molar-refractivity contribution in [1.82, 2.24) is 9.80 Å². The first kappa shape index (κ1) is 25.4. The van der Waals surface area contributed by atoms with Crippen LogP contribution < -0.4 is 0 Å². The van der Waals surface area contributed by atoms with Crippen molar-refractivity contribution in [3.05, 3.63) is 92.6 Å². The number of nitrogens with zero attached hydrogens (tertiary/aromatic N) is 2. The van der Waals surface area contributed by atoms with E-state index in [0.29, 0.717) is 37.7 Å². The van der Waals surface area contributed by atoms with Crippen LogP contribution in [0.4, 0.5) is 0 Å². The number of fused-ring (bicyclic) bond motifs is 1. The Kier molecular flexibility index (Phi) is 8.96. The summed E-state index contributed by atoms with van der Waals surface area (Å²) in [5, 5.41) is 2.75. The lowest BCUT2D eigenvalue weighted by Gasteiger charge is -2.37. The van der Waals surface area contributed by atoms with Crippen molar-refractivity contribution < 1.29 is 14.3 Å². The highest BCUT2D eigenvalue weighted by molar-refractivity contribution is 7.10. The van der Waals surface area contributed by atoms with Crippen LogP contribution in [0.2, 0.25) is 5.02 Å². The van der Waals surface area contributed by atoms with Gasteiger partial charge in [-0.25, -0.2) is 0 Å². The molecule has 0 N–H and O–H groups in total. The summed E-state index contributed by atoms with van der Waals surface area (Å²) in [4.78, 5) is 31.9. The summed E-state index contributed by atoms with van der Waals surface area (Å²) in [6.45, 7) is 4.32. The molecule has 4 rings (SSSR count). The van der Waals surface area contributed by atoms with E-state index in [1.54, 1.807) is 16.2 Å². The highest BCUT2D eigenvalue weighted by Gasteiger charge is 2.34. The number of amides is 2. The summed E-state index contributed by atoms with van der Waals surface area (Å²) in [5.41, 5.74) is 3.13. The van der Waals surface area contributed by atoms with Crippen LogP contribution >= 0.6 is 22.9 Å². The highest BCUT2D eigenvalue weighted by atomic mass is 35.5. The Bertz CT molecular complexity index is 1120. The summed E-state index contributed by atoms with van der Waals surface area (Å²) in [6, 6.07) is 19.3. The van der Waals surface area contributed by atoms with E-state index in [1.165, 1.54) is 4.88 Å². The van der Waals surface area contributed by atoms with E-state index in [4.69, 9.17) is 16.3 Å². The van der Waals surface area contributed by atoms with Crippen molar-refractivity contribution in [2.75, 3.05) is 32.8 Å². The third-order valence-electron chi connectivity index (χ3n) is 6.27. The summed E-state index contributed by atoms with van der Waals surface area (Å²) in [7, 11) is 0. The average molecular weight is 511 g/mol. The number of ether oxygens (including phenoxy) is 1. The van der Waals surface area contributed by atoms with Crippen molar-refractivity contribution in [1.29, 1.82) is 0 Å². The summed E-state index contributed by atoms with van der Waals surface area (Å²) in [6.07, 6.45) is 1.79. The van der Waals surface area contributed by atoms with E-state index < -0.39 is 0 Å². The largest absolute Gasteiger partial charge is 0.382 e. The third-order valence-corrected chi connectivity index (χ3v) is 7.52. The van der Waals surface area contributed by atoms with Crippen molar-refractivity contribution in [3.8, 4) is 0 Å². The van der Waals surface area contributed by atoms with Gasteiger partial charge in [0.1, 0.15) is 0 Å². The molecule has 0 bridgehead atoms. The first-order chi connectivity index (χ1) is 17.1. The number of benzene rings is 2. The lowest BCUT2D eigenvalue weighted by atomic mass is 9.93. The molecule has 2 amide bonds. The molecule has 0 aliphatic carbocycles. The van der Waals surface area contributed by atoms with Crippen molar-refractivity contribution in [3.63, 3.8) is 0 Å². The van der Waals surface area contributed by atoms with Crippen molar-refractivity contribution in [2.45, 2.75) is 32.2 Å². The van der Waals surface area contributed by atoms with Crippen LogP contribution in [-0.2, 0) is 27.2 Å². The fraction of sp³-hybridized carbons (Fsp3) is 0.357. The van der Waals surface area contributed by atoms with E-state index >= 15 is 0 Å². The predicted molar refractivity (Wildman–Crippen MR) is 141 cm³/mol. The normalized spacial score (nSPS) is 15.0. The predicted octanol–water partition coefficient (Wildman–Crippen LogP) is 5.37. The molecule has 0 radical (unpaired) electrons. The fourth-order valence-corrected chi connectivity index (χ4v) is 5.55. The lowest BCUT2D eigenvalue weighted by Crippen LogP contribution is -2.47.